The van der Waals surface area contributed by atoms with Gasteiger partial charge in [-0.25, -0.2) is 0 Å². The van der Waals surface area contributed by atoms with Gasteiger partial charge in [0, 0.05) is 20.6 Å². The number of benzene rings is 2. The molecular weight excluding hydrogens is 258 g/mol. The molecule has 0 radical (unpaired) electrons. The van der Waals surface area contributed by atoms with Crippen molar-refractivity contribution in [2.75, 3.05) is 36.2 Å². The lowest BCUT2D eigenvalue weighted by Gasteiger charge is -2.28. The molecule has 0 saturated carbocycles. The smallest absolute Gasteiger partial charge is 0.0649 e. The summed E-state index contributed by atoms with van der Waals surface area (Å²) in [5, 5.41) is 6.59. The van der Waals surface area contributed by atoms with E-state index in [0.717, 1.165) is 17.9 Å². The van der Waals surface area contributed by atoms with Crippen molar-refractivity contribution in [1.82, 2.24) is 0 Å². The van der Waals surface area contributed by atoms with Gasteiger partial charge in [-0.15, -0.1) is 0 Å². The molecule has 0 fully saturated rings. The standard InChI is InChI=1S/C18H25N3/c1-6-21(17-11-13(2)7-9-15(17)19-4)18-12-14(3)8-10-16(18)20-5/h7-12,19-20H,6H2,1-5H3. The van der Waals surface area contributed by atoms with Gasteiger partial charge < -0.3 is 15.5 Å². The summed E-state index contributed by atoms with van der Waals surface area (Å²) in [7, 11) is 3.94. The molecule has 0 aliphatic carbocycles. The quantitative estimate of drug-likeness (QED) is 0.843. The van der Waals surface area contributed by atoms with Gasteiger partial charge in [0.1, 0.15) is 0 Å². The monoisotopic (exact) mass is 283 g/mol. The Bertz CT molecular complexity index is 566. The molecule has 21 heavy (non-hydrogen) atoms. The van der Waals surface area contributed by atoms with Gasteiger partial charge >= 0.3 is 0 Å². The second kappa shape index (κ2) is 6.53. The van der Waals surface area contributed by atoms with Crippen molar-refractivity contribution in [1.29, 1.82) is 0 Å². The second-order valence-corrected chi connectivity index (χ2v) is 5.29. The van der Waals surface area contributed by atoms with Gasteiger partial charge in [0.2, 0.25) is 0 Å². The minimum Gasteiger partial charge on any atom is -0.386 e. The molecule has 2 N–H and O–H groups in total. The fourth-order valence-electron chi connectivity index (χ4n) is 2.62. The van der Waals surface area contributed by atoms with Crippen molar-refractivity contribution in [3.05, 3.63) is 47.5 Å². The highest BCUT2D eigenvalue weighted by molar-refractivity contribution is 5.83. The molecule has 0 atom stereocenters. The van der Waals surface area contributed by atoms with Crippen LogP contribution in [0.5, 0.6) is 0 Å². The van der Waals surface area contributed by atoms with Crippen LogP contribution in [-0.4, -0.2) is 20.6 Å². The molecule has 2 aromatic rings. The Kier molecular flexibility index (Phi) is 4.73. The van der Waals surface area contributed by atoms with Crippen LogP contribution in [0.3, 0.4) is 0 Å². The Balaban J connectivity index is 2.59. The summed E-state index contributed by atoms with van der Waals surface area (Å²) >= 11 is 0. The summed E-state index contributed by atoms with van der Waals surface area (Å²) in [6, 6.07) is 13.0. The van der Waals surface area contributed by atoms with E-state index in [1.54, 1.807) is 0 Å². The zero-order valence-electron chi connectivity index (χ0n) is 13.6. The first-order valence-corrected chi connectivity index (χ1v) is 7.45. The first kappa shape index (κ1) is 15.2. The van der Waals surface area contributed by atoms with Gasteiger partial charge in [-0.2, -0.15) is 0 Å². The molecule has 0 spiro atoms. The first-order chi connectivity index (χ1) is 10.1. The van der Waals surface area contributed by atoms with Crippen molar-refractivity contribution < 1.29 is 0 Å². The zero-order valence-corrected chi connectivity index (χ0v) is 13.6. The largest absolute Gasteiger partial charge is 0.386 e. The van der Waals surface area contributed by atoms with E-state index >= 15 is 0 Å². The first-order valence-electron chi connectivity index (χ1n) is 7.45. The van der Waals surface area contributed by atoms with E-state index in [4.69, 9.17) is 0 Å². The summed E-state index contributed by atoms with van der Waals surface area (Å²) in [6.07, 6.45) is 0. The van der Waals surface area contributed by atoms with Crippen molar-refractivity contribution in [3.63, 3.8) is 0 Å². The summed E-state index contributed by atoms with van der Waals surface area (Å²) in [4.78, 5) is 2.34. The van der Waals surface area contributed by atoms with E-state index in [-0.39, 0.29) is 0 Å². The lowest BCUT2D eigenvalue weighted by atomic mass is 10.1. The van der Waals surface area contributed by atoms with Crippen molar-refractivity contribution in [3.8, 4) is 0 Å². The number of nitrogens with zero attached hydrogens (tertiary/aromatic N) is 1. The predicted octanol–water partition coefficient (Wildman–Crippen LogP) is 4.54. The summed E-state index contributed by atoms with van der Waals surface area (Å²) < 4.78 is 0. The van der Waals surface area contributed by atoms with Crippen molar-refractivity contribution in [2.24, 2.45) is 0 Å². The van der Waals surface area contributed by atoms with E-state index in [1.165, 1.54) is 22.5 Å². The number of hydrogen-bond donors (Lipinski definition) is 2. The highest BCUT2D eigenvalue weighted by atomic mass is 15.2. The number of anilines is 4. The minimum absolute atomic E-state index is 0.913. The van der Waals surface area contributed by atoms with Crippen LogP contribution in [0.4, 0.5) is 22.7 Å². The highest BCUT2D eigenvalue weighted by Crippen LogP contribution is 2.37. The van der Waals surface area contributed by atoms with Gasteiger partial charge in [-0.1, -0.05) is 12.1 Å². The highest BCUT2D eigenvalue weighted by Gasteiger charge is 2.15. The van der Waals surface area contributed by atoms with Crippen LogP contribution >= 0.6 is 0 Å². The van der Waals surface area contributed by atoms with Crippen LogP contribution < -0.4 is 15.5 Å². The molecule has 3 nitrogen and oxygen atoms in total. The third-order valence-electron chi connectivity index (χ3n) is 3.74. The number of rotatable bonds is 5. The minimum atomic E-state index is 0.913. The molecule has 2 aromatic carbocycles. The Morgan fingerprint density at radius 2 is 1.24 bits per heavy atom. The van der Waals surface area contributed by atoms with Crippen LogP contribution in [0.25, 0.3) is 0 Å². The third kappa shape index (κ3) is 3.13. The fraction of sp³-hybridized carbons (Fsp3) is 0.333. The third-order valence-corrected chi connectivity index (χ3v) is 3.74. The van der Waals surface area contributed by atoms with Gasteiger partial charge in [0.05, 0.1) is 22.7 Å². The van der Waals surface area contributed by atoms with Crippen LogP contribution in [0, 0.1) is 13.8 Å². The average Bonchev–Trinajstić information content (AvgIpc) is 2.48. The lowest BCUT2D eigenvalue weighted by Crippen LogP contribution is -2.19. The maximum Gasteiger partial charge on any atom is 0.0649 e. The molecule has 0 saturated heterocycles. The van der Waals surface area contributed by atoms with Crippen LogP contribution in [0.1, 0.15) is 18.1 Å². The van der Waals surface area contributed by atoms with Gasteiger partial charge in [-0.3, -0.25) is 0 Å². The SMILES string of the molecule is CCN(c1cc(C)ccc1NC)c1cc(C)ccc1NC. The van der Waals surface area contributed by atoms with Crippen molar-refractivity contribution in [2.45, 2.75) is 20.8 Å². The second-order valence-electron chi connectivity index (χ2n) is 5.29. The van der Waals surface area contributed by atoms with E-state index in [9.17, 15) is 0 Å². The summed E-state index contributed by atoms with van der Waals surface area (Å²) in [5.41, 5.74) is 7.24. The van der Waals surface area contributed by atoms with Gasteiger partial charge in [0.25, 0.3) is 0 Å². The molecule has 3 heteroatoms. The Morgan fingerprint density at radius 3 is 1.57 bits per heavy atom. The van der Waals surface area contributed by atoms with Crippen LogP contribution in [0.15, 0.2) is 36.4 Å². The number of aryl methyl sites for hydroxylation is 2. The molecule has 0 aromatic heterocycles. The van der Waals surface area contributed by atoms with Crippen molar-refractivity contribution >= 4 is 22.7 Å². The molecule has 2 rings (SSSR count). The molecule has 0 amide bonds. The van der Waals surface area contributed by atoms with E-state index in [2.05, 4.69) is 72.7 Å². The molecule has 0 unspecified atom stereocenters. The molecule has 0 bridgehead atoms. The van der Waals surface area contributed by atoms with E-state index < -0.39 is 0 Å². The average molecular weight is 283 g/mol. The van der Waals surface area contributed by atoms with Gasteiger partial charge in [-0.05, 0) is 56.2 Å². The summed E-state index contributed by atoms with van der Waals surface area (Å²) in [6.45, 7) is 7.36. The molecule has 0 aliphatic rings. The van der Waals surface area contributed by atoms with Gasteiger partial charge in [0.15, 0.2) is 0 Å². The predicted molar refractivity (Wildman–Crippen MR) is 94.1 cm³/mol. The van der Waals surface area contributed by atoms with E-state index in [0.29, 0.717) is 0 Å². The molecule has 112 valence electrons. The molecule has 0 aliphatic heterocycles. The van der Waals surface area contributed by atoms with Crippen LogP contribution in [0.2, 0.25) is 0 Å². The maximum absolute atomic E-state index is 3.30. The Hall–Kier alpha value is -2.16. The molecule has 0 heterocycles. The normalized spacial score (nSPS) is 10.3. The number of nitrogens with one attached hydrogen (secondary N) is 2. The maximum atomic E-state index is 3.30. The summed E-state index contributed by atoms with van der Waals surface area (Å²) in [5.74, 6) is 0. The van der Waals surface area contributed by atoms with E-state index in [1.807, 2.05) is 14.1 Å². The molecular formula is C18H25N3. The van der Waals surface area contributed by atoms with Crippen LogP contribution in [-0.2, 0) is 0 Å². The fourth-order valence-corrected chi connectivity index (χ4v) is 2.62. The lowest BCUT2D eigenvalue weighted by molar-refractivity contribution is 1.02. The Morgan fingerprint density at radius 1 is 0.810 bits per heavy atom. The topological polar surface area (TPSA) is 27.3 Å². The zero-order chi connectivity index (χ0) is 15.4. The number of hydrogen-bond acceptors (Lipinski definition) is 3. The Labute approximate surface area is 128 Å².